The first kappa shape index (κ1) is 24.8. The van der Waals surface area contributed by atoms with Gasteiger partial charge in [0.25, 0.3) is 15.7 Å². The number of hydrogen-bond acceptors (Lipinski definition) is 6. The van der Waals surface area contributed by atoms with Gasteiger partial charge >= 0.3 is 0 Å². The summed E-state index contributed by atoms with van der Waals surface area (Å²) in [6.07, 6.45) is 3.54. The molecule has 1 atom stereocenters. The molecule has 0 aliphatic heterocycles. The number of methoxy groups -OCH3 is 1. The van der Waals surface area contributed by atoms with Gasteiger partial charge in [-0.05, 0) is 36.4 Å². The van der Waals surface area contributed by atoms with Crippen molar-refractivity contribution in [3.8, 4) is 11.5 Å². The number of halogens is 4. The number of sulfonamides is 1. The van der Waals surface area contributed by atoms with Gasteiger partial charge in [0, 0.05) is 12.1 Å². The van der Waals surface area contributed by atoms with Crippen molar-refractivity contribution in [2.75, 3.05) is 11.8 Å². The summed E-state index contributed by atoms with van der Waals surface area (Å²) in [5.74, 6) is -1.05. The van der Waals surface area contributed by atoms with Crippen molar-refractivity contribution in [1.29, 1.82) is 0 Å². The molecule has 0 saturated carbocycles. The van der Waals surface area contributed by atoms with Crippen LogP contribution in [0.1, 0.15) is 0 Å². The summed E-state index contributed by atoms with van der Waals surface area (Å²) >= 11 is 18.5. The number of non-ortho nitro benzene ring substituents is 1. The maximum absolute atomic E-state index is 14.4. The summed E-state index contributed by atoms with van der Waals surface area (Å²) in [4.78, 5) is 9.89. The standard InChI is InChI=1S/C20H14Cl3FN2O6S/c1-31-18-4-2-3-16(20(18)24)25-33(29,30)13-7-11(21)8-19(15(23)10-13)32-17-6-5-12(26(27)28)9-14(17)22/h2-11,25H,1H3. The second kappa shape index (κ2) is 10.0. The summed E-state index contributed by atoms with van der Waals surface area (Å²) < 4.78 is 52.7. The van der Waals surface area contributed by atoms with Crippen LogP contribution in [0.25, 0.3) is 0 Å². The zero-order chi connectivity index (χ0) is 24.3. The van der Waals surface area contributed by atoms with Gasteiger partial charge < -0.3 is 9.47 Å². The third-order valence-corrected chi connectivity index (χ3v) is 6.43. The fourth-order valence-electron chi connectivity index (χ4n) is 2.68. The Morgan fingerprint density at radius 1 is 1.15 bits per heavy atom. The number of nitro groups is 1. The maximum Gasteiger partial charge on any atom is 0.271 e. The highest BCUT2D eigenvalue weighted by Gasteiger charge is 2.24. The van der Waals surface area contributed by atoms with E-state index in [0.717, 1.165) is 18.2 Å². The lowest BCUT2D eigenvalue weighted by Gasteiger charge is -2.12. The lowest BCUT2D eigenvalue weighted by atomic mass is 10.3. The molecular weight excluding hydrogens is 522 g/mol. The minimum Gasteiger partial charge on any atom is -0.494 e. The molecule has 33 heavy (non-hydrogen) atoms. The van der Waals surface area contributed by atoms with Gasteiger partial charge in [0.15, 0.2) is 11.6 Å². The topological polar surface area (TPSA) is 108 Å². The second-order valence-corrected chi connectivity index (χ2v) is 9.44. The lowest BCUT2D eigenvalue weighted by Crippen LogP contribution is -2.16. The normalized spacial score (nSPS) is 16.2. The number of alkyl halides is 1. The van der Waals surface area contributed by atoms with Gasteiger partial charge in [-0.2, -0.15) is 0 Å². The predicted molar refractivity (Wildman–Crippen MR) is 124 cm³/mol. The van der Waals surface area contributed by atoms with E-state index < -0.39 is 26.1 Å². The Kier molecular flexibility index (Phi) is 7.53. The van der Waals surface area contributed by atoms with Crippen molar-refractivity contribution in [1.82, 2.24) is 0 Å². The Bertz CT molecular complexity index is 1310. The molecule has 0 radical (unpaired) electrons. The molecule has 2 aromatic rings. The van der Waals surface area contributed by atoms with E-state index in [2.05, 4.69) is 4.72 Å². The fraction of sp³-hybridized carbons (Fsp3) is 0.100. The van der Waals surface area contributed by atoms with Crippen LogP contribution in [0.2, 0.25) is 5.02 Å². The first-order chi connectivity index (χ1) is 15.5. The van der Waals surface area contributed by atoms with E-state index in [1.165, 1.54) is 43.5 Å². The largest absolute Gasteiger partial charge is 0.494 e. The quantitative estimate of drug-likeness (QED) is 0.276. The van der Waals surface area contributed by atoms with E-state index in [1.54, 1.807) is 0 Å². The van der Waals surface area contributed by atoms with Crippen LogP contribution >= 0.6 is 34.8 Å². The molecule has 1 unspecified atom stereocenters. The fourth-order valence-corrected chi connectivity index (χ4v) is 4.66. The van der Waals surface area contributed by atoms with Crippen LogP contribution in [0.3, 0.4) is 0 Å². The van der Waals surface area contributed by atoms with Gasteiger partial charge in [0.2, 0.25) is 0 Å². The predicted octanol–water partition coefficient (Wildman–Crippen LogP) is 5.73. The van der Waals surface area contributed by atoms with E-state index >= 15 is 0 Å². The zero-order valence-electron chi connectivity index (χ0n) is 16.6. The van der Waals surface area contributed by atoms with E-state index in [0.29, 0.717) is 0 Å². The number of nitrogens with zero attached hydrogens (tertiary/aromatic N) is 1. The lowest BCUT2D eigenvalue weighted by molar-refractivity contribution is -0.384. The van der Waals surface area contributed by atoms with Crippen LogP contribution in [0.15, 0.2) is 70.3 Å². The molecular formula is C20H14Cl3FN2O6S. The second-order valence-electron chi connectivity index (χ2n) is 6.44. The molecule has 1 aliphatic rings. The van der Waals surface area contributed by atoms with Crippen molar-refractivity contribution in [2.24, 2.45) is 0 Å². The highest BCUT2D eigenvalue weighted by atomic mass is 35.5. The Balaban J connectivity index is 1.89. The van der Waals surface area contributed by atoms with Crippen molar-refractivity contribution in [3.63, 3.8) is 0 Å². The van der Waals surface area contributed by atoms with Crippen LogP contribution in [0.4, 0.5) is 15.8 Å². The SMILES string of the molecule is COc1cccc(NS(=O)(=O)C2=CC(Cl)C=C(Oc3ccc([N+](=O)[O-])cc3Cl)C(Cl)=C2)c1F. The highest BCUT2D eigenvalue weighted by molar-refractivity contribution is 7.96. The molecule has 0 bridgehead atoms. The van der Waals surface area contributed by atoms with Crippen LogP contribution in [-0.4, -0.2) is 25.8 Å². The molecule has 0 heterocycles. The number of nitro benzene ring substituents is 1. The van der Waals surface area contributed by atoms with Gasteiger partial charge in [0.1, 0.15) is 11.5 Å². The number of rotatable bonds is 7. The van der Waals surface area contributed by atoms with E-state index in [-0.39, 0.29) is 43.6 Å². The molecule has 1 N–H and O–H groups in total. The third-order valence-electron chi connectivity index (χ3n) is 4.22. The average Bonchev–Trinajstić information content (AvgIpc) is 2.89. The molecule has 174 valence electrons. The molecule has 8 nitrogen and oxygen atoms in total. The minimum absolute atomic E-state index is 0.0341. The van der Waals surface area contributed by atoms with E-state index in [9.17, 15) is 22.9 Å². The number of anilines is 1. The number of ether oxygens (including phenoxy) is 2. The summed E-state index contributed by atoms with van der Waals surface area (Å²) in [6.45, 7) is 0. The number of benzene rings is 2. The Labute approximate surface area is 203 Å². The highest BCUT2D eigenvalue weighted by Crippen LogP contribution is 2.34. The Hall–Kier alpha value is -2.79. The average molecular weight is 536 g/mol. The third kappa shape index (κ3) is 5.77. The summed E-state index contributed by atoms with van der Waals surface area (Å²) in [7, 11) is -3.07. The monoisotopic (exact) mass is 534 g/mol. The molecule has 1 aliphatic carbocycles. The number of nitrogens with one attached hydrogen (secondary N) is 1. The molecule has 0 saturated heterocycles. The summed E-state index contributed by atoms with van der Waals surface area (Å²) in [5, 5.41) is 9.64. The number of allylic oxidation sites excluding steroid dienone is 4. The van der Waals surface area contributed by atoms with Crippen molar-refractivity contribution in [2.45, 2.75) is 5.38 Å². The molecule has 13 heteroatoms. The van der Waals surface area contributed by atoms with Crippen molar-refractivity contribution < 1.29 is 27.2 Å². The van der Waals surface area contributed by atoms with Crippen LogP contribution < -0.4 is 14.2 Å². The molecule has 0 spiro atoms. The van der Waals surface area contributed by atoms with Crippen LogP contribution in [-0.2, 0) is 10.0 Å². The summed E-state index contributed by atoms with van der Waals surface area (Å²) in [6, 6.07) is 7.49. The van der Waals surface area contributed by atoms with Gasteiger partial charge in [-0.15, -0.1) is 11.6 Å². The van der Waals surface area contributed by atoms with Crippen molar-refractivity contribution >= 4 is 56.2 Å². The molecule has 0 fully saturated rings. The van der Waals surface area contributed by atoms with Gasteiger partial charge in [-0.1, -0.05) is 29.3 Å². The Morgan fingerprint density at radius 2 is 1.88 bits per heavy atom. The molecule has 0 aromatic heterocycles. The molecule has 2 aromatic carbocycles. The molecule has 0 amide bonds. The first-order valence-corrected chi connectivity index (χ1v) is 11.6. The van der Waals surface area contributed by atoms with Gasteiger partial charge in [0.05, 0.1) is 38.1 Å². The van der Waals surface area contributed by atoms with Gasteiger partial charge in [-0.3, -0.25) is 14.8 Å². The van der Waals surface area contributed by atoms with Crippen LogP contribution in [0, 0.1) is 15.9 Å². The van der Waals surface area contributed by atoms with Crippen LogP contribution in [0.5, 0.6) is 11.5 Å². The molecule has 3 rings (SSSR count). The van der Waals surface area contributed by atoms with E-state index in [1.807, 2.05) is 0 Å². The summed E-state index contributed by atoms with van der Waals surface area (Å²) in [5.41, 5.74) is -0.581. The number of hydrogen-bond donors (Lipinski definition) is 1. The zero-order valence-corrected chi connectivity index (χ0v) is 19.7. The van der Waals surface area contributed by atoms with E-state index in [4.69, 9.17) is 44.3 Å². The first-order valence-electron chi connectivity index (χ1n) is 8.94. The maximum atomic E-state index is 14.4. The smallest absolute Gasteiger partial charge is 0.271 e. The minimum atomic E-state index is -4.31. The Morgan fingerprint density at radius 3 is 2.52 bits per heavy atom. The van der Waals surface area contributed by atoms with Crippen molar-refractivity contribution in [3.05, 3.63) is 91.3 Å². The van der Waals surface area contributed by atoms with Gasteiger partial charge in [-0.25, -0.2) is 12.8 Å².